The van der Waals surface area contributed by atoms with Crippen LogP contribution in [0.15, 0.2) is 30.5 Å². The van der Waals surface area contributed by atoms with Crippen LogP contribution in [-0.4, -0.2) is 29.9 Å². The Bertz CT molecular complexity index is 533. The third kappa shape index (κ3) is 2.35. The van der Waals surface area contributed by atoms with Gasteiger partial charge in [-0.1, -0.05) is 18.2 Å². The molecule has 0 aliphatic rings. The van der Waals surface area contributed by atoms with Gasteiger partial charge < -0.3 is 9.30 Å². The number of aromatic nitrogens is 1. The topological polar surface area (TPSA) is 31.2 Å². The van der Waals surface area contributed by atoms with Gasteiger partial charge in [-0.15, -0.1) is 11.6 Å². The number of para-hydroxylation sites is 1. The SMILES string of the molecule is COCCn1cc(C(=O)CCl)c2ccccc21. The molecule has 0 aliphatic heterocycles. The highest BCUT2D eigenvalue weighted by Gasteiger charge is 2.13. The molecule has 0 bridgehead atoms. The Balaban J connectivity index is 2.50. The molecule has 1 aromatic carbocycles. The number of halogens is 1. The summed E-state index contributed by atoms with van der Waals surface area (Å²) in [7, 11) is 1.66. The number of ketones is 1. The van der Waals surface area contributed by atoms with Gasteiger partial charge in [0.15, 0.2) is 5.78 Å². The van der Waals surface area contributed by atoms with E-state index >= 15 is 0 Å². The van der Waals surface area contributed by atoms with Gasteiger partial charge in [-0.05, 0) is 6.07 Å². The lowest BCUT2D eigenvalue weighted by atomic mass is 10.1. The van der Waals surface area contributed by atoms with Gasteiger partial charge in [-0.25, -0.2) is 0 Å². The van der Waals surface area contributed by atoms with Crippen molar-refractivity contribution in [2.45, 2.75) is 6.54 Å². The highest BCUT2D eigenvalue weighted by atomic mass is 35.5. The van der Waals surface area contributed by atoms with Crippen LogP contribution in [0.3, 0.4) is 0 Å². The van der Waals surface area contributed by atoms with E-state index in [1.165, 1.54) is 0 Å². The molecule has 0 spiro atoms. The maximum absolute atomic E-state index is 11.7. The van der Waals surface area contributed by atoms with Crippen molar-refractivity contribution in [3.8, 4) is 0 Å². The largest absolute Gasteiger partial charge is 0.383 e. The fourth-order valence-corrected chi connectivity index (χ4v) is 2.06. The van der Waals surface area contributed by atoms with E-state index in [0.717, 1.165) is 17.4 Å². The fourth-order valence-electron chi connectivity index (χ4n) is 1.92. The lowest BCUT2D eigenvalue weighted by molar-refractivity contribution is 0.102. The molecule has 0 unspecified atom stereocenters. The molecule has 0 saturated heterocycles. The van der Waals surface area contributed by atoms with Gasteiger partial charge in [0.25, 0.3) is 0 Å². The number of carbonyl (C=O) groups excluding carboxylic acids is 1. The number of carbonyl (C=O) groups is 1. The van der Waals surface area contributed by atoms with Crippen LogP contribution in [0.2, 0.25) is 0 Å². The van der Waals surface area contributed by atoms with Gasteiger partial charge in [-0.3, -0.25) is 4.79 Å². The van der Waals surface area contributed by atoms with Crippen molar-refractivity contribution in [3.05, 3.63) is 36.0 Å². The highest BCUT2D eigenvalue weighted by molar-refractivity contribution is 6.32. The summed E-state index contributed by atoms with van der Waals surface area (Å²) in [5.74, 6) is -0.0304. The zero-order chi connectivity index (χ0) is 12.3. The number of fused-ring (bicyclic) bond motifs is 1. The van der Waals surface area contributed by atoms with Crippen LogP contribution in [0.1, 0.15) is 10.4 Å². The van der Waals surface area contributed by atoms with Gasteiger partial charge >= 0.3 is 0 Å². The fraction of sp³-hybridized carbons (Fsp3) is 0.308. The zero-order valence-corrected chi connectivity index (χ0v) is 10.4. The van der Waals surface area contributed by atoms with E-state index in [1.807, 2.05) is 35.0 Å². The Morgan fingerprint density at radius 1 is 1.41 bits per heavy atom. The number of hydrogen-bond donors (Lipinski definition) is 0. The lowest BCUT2D eigenvalue weighted by Crippen LogP contribution is -2.03. The van der Waals surface area contributed by atoms with E-state index < -0.39 is 0 Å². The molecule has 0 saturated carbocycles. The van der Waals surface area contributed by atoms with Gasteiger partial charge in [0.05, 0.1) is 12.5 Å². The molecule has 0 atom stereocenters. The number of hydrogen-bond acceptors (Lipinski definition) is 2. The summed E-state index contributed by atoms with van der Waals surface area (Å²) in [5.41, 5.74) is 1.73. The molecule has 1 heterocycles. The van der Waals surface area contributed by atoms with Crippen molar-refractivity contribution in [1.29, 1.82) is 0 Å². The summed E-state index contributed by atoms with van der Waals surface area (Å²) in [6, 6.07) is 7.82. The average molecular weight is 252 g/mol. The summed E-state index contributed by atoms with van der Waals surface area (Å²) in [5, 5.41) is 0.953. The minimum absolute atomic E-state index is 0.0122. The second-order valence-corrected chi connectivity index (χ2v) is 4.07. The van der Waals surface area contributed by atoms with Crippen LogP contribution in [0.5, 0.6) is 0 Å². The standard InChI is InChI=1S/C13H14ClNO2/c1-17-7-6-15-9-11(13(16)8-14)10-4-2-3-5-12(10)15/h2-5,9H,6-8H2,1H3. The van der Waals surface area contributed by atoms with E-state index in [0.29, 0.717) is 12.2 Å². The number of benzene rings is 1. The first-order chi connectivity index (χ1) is 8.27. The zero-order valence-electron chi connectivity index (χ0n) is 9.65. The minimum atomic E-state index is -0.0426. The summed E-state index contributed by atoms with van der Waals surface area (Å²) in [6.45, 7) is 1.35. The summed E-state index contributed by atoms with van der Waals surface area (Å²) >= 11 is 5.62. The molecule has 17 heavy (non-hydrogen) atoms. The number of nitrogens with zero attached hydrogens (tertiary/aromatic N) is 1. The Labute approximate surface area is 105 Å². The van der Waals surface area contributed by atoms with Gasteiger partial charge in [0.2, 0.25) is 0 Å². The van der Waals surface area contributed by atoms with E-state index in [2.05, 4.69) is 0 Å². The summed E-state index contributed by atoms with van der Waals surface area (Å²) in [6.07, 6.45) is 1.86. The molecule has 2 rings (SSSR count). The molecule has 90 valence electrons. The maximum atomic E-state index is 11.7. The second-order valence-electron chi connectivity index (χ2n) is 3.80. The summed E-state index contributed by atoms with van der Waals surface area (Å²) in [4.78, 5) is 11.7. The molecule has 1 aromatic heterocycles. The lowest BCUT2D eigenvalue weighted by Gasteiger charge is -2.03. The molecular weight excluding hydrogens is 238 g/mol. The number of ether oxygens (including phenoxy) is 1. The Kier molecular flexibility index (Phi) is 3.82. The van der Waals surface area contributed by atoms with E-state index in [1.54, 1.807) is 7.11 Å². The van der Waals surface area contributed by atoms with Crippen LogP contribution in [0, 0.1) is 0 Å². The van der Waals surface area contributed by atoms with E-state index in [4.69, 9.17) is 16.3 Å². The monoisotopic (exact) mass is 251 g/mol. The predicted molar refractivity (Wildman–Crippen MR) is 68.9 cm³/mol. The quantitative estimate of drug-likeness (QED) is 0.604. The Morgan fingerprint density at radius 2 is 2.18 bits per heavy atom. The highest BCUT2D eigenvalue weighted by Crippen LogP contribution is 2.22. The third-order valence-electron chi connectivity index (χ3n) is 2.75. The Hall–Kier alpha value is -1.32. The van der Waals surface area contributed by atoms with Crippen molar-refractivity contribution in [2.75, 3.05) is 19.6 Å². The second kappa shape index (κ2) is 5.34. The van der Waals surface area contributed by atoms with E-state index in [-0.39, 0.29) is 11.7 Å². The summed E-state index contributed by atoms with van der Waals surface area (Å²) < 4.78 is 7.09. The number of Topliss-reactive ketones (excluding diaryl/α,β-unsaturated/α-hetero) is 1. The molecule has 0 amide bonds. The molecule has 2 aromatic rings. The first kappa shape index (κ1) is 12.1. The van der Waals surface area contributed by atoms with Gasteiger partial charge in [-0.2, -0.15) is 0 Å². The van der Waals surface area contributed by atoms with Crippen molar-refractivity contribution in [2.24, 2.45) is 0 Å². The maximum Gasteiger partial charge on any atom is 0.179 e. The molecule has 0 N–H and O–H groups in total. The first-order valence-electron chi connectivity index (χ1n) is 5.44. The number of methoxy groups -OCH3 is 1. The van der Waals surface area contributed by atoms with Crippen LogP contribution >= 0.6 is 11.6 Å². The van der Waals surface area contributed by atoms with E-state index in [9.17, 15) is 4.79 Å². The molecular formula is C13H14ClNO2. The molecule has 4 heteroatoms. The van der Waals surface area contributed by atoms with Crippen molar-refractivity contribution in [1.82, 2.24) is 4.57 Å². The molecule has 0 radical (unpaired) electrons. The first-order valence-corrected chi connectivity index (χ1v) is 5.97. The normalized spacial score (nSPS) is 10.9. The molecule has 3 nitrogen and oxygen atoms in total. The van der Waals surface area contributed by atoms with Crippen molar-refractivity contribution < 1.29 is 9.53 Å². The number of alkyl halides is 1. The van der Waals surface area contributed by atoms with Crippen LogP contribution < -0.4 is 0 Å². The molecule has 0 fully saturated rings. The van der Waals surface area contributed by atoms with Crippen molar-refractivity contribution in [3.63, 3.8) is 0 Å². The average Bonchev–Trinajstić information content (AvgIpc) is 2.74. The molecule has 0 aliphatic carbocycles. The Morgan fingerprint density at radius 3 is 2.88 bits per heavy atom. The predicted octanol–water partition coefficient (Wildman–Crippen LogP) is 2.71. The van der Waals surface area contributed by atoms with Crippen LogP contribution in [0.25, 0.3) is 10.9 Å². The third-order valence-corrected chi connectivity index (χ3v) is 2.99. The van der Waals surface area contributed by atoms with Crippen molar-refractivity contribution >= 4 is 28.3 Å². The van der Waals surface area contributed by atoms with Gasteiger partial charge in [0, 0.05) is 36.3 Å². The van der Waals surface area contributed by atoms with Crippen LogP contribution in [0.4, 0.5) is 0 Å². The van der Waals surface area contributed by atoms with Gasteiger partial charge in [0.1, 0.15) is 0 Å². The van der Waals surface area contributed by atoms with Crippen LogP contribution in [-0.2, 0) is 11.3 Å². The minimum Gasteiger partial charge on any atom is -0.383 e. The number of rotatable bonds is 5. The smallest absolute Gasteiger partial charge is 0.179 e.